The summed E-state index contributed by atoms with van der Waals surface area (Å²) >= 11 is 1.43. The minimum absolute atomic E-state index is 0.197. The van der Waals surface area contributed by atoms with E-state index in [4.69, 9.17) is 9.47 Å². The molecule has 0 aliphatic heterocycles. The van der Waals surface area contributed by atoms with Crippen LogP contribution in [0.1, 0.15) is 20.3 Å². The van der Waals surface area contributed by atoms with Crippen molar-refractivity contribution in [2.45, 2.75) is 37.2 Å². The largest absolute Gasteiger partial charge is 0.465 e. The van der Waals surface area contributed by atoms with Gasteiger partial charge in [0.1, 0.15) is 5.25 Å². The maximum atomic E-state index is 11.9. The molecule has 0 saturated carbocycles. The van der Waals surface area contributed by atoms with E-state index in [9.17, 15) is 4.79 Å². The Balaban J connectivity index is 2.20. The van der Waals surface area contributed by atoms with E-state index >= 15 is 0 Å². The van der Waals surface area contributed by atoms with Crippen LogP contribution in [0.4, 0.5) is 0 Å². The van der Waals surface area contributed by atoms with Crippen LogP contribution in [0.5, 0.6) is 0 Å². The maximum absolute atomic E-state index is 11.9. The number of para-hydroxylation sites is 2. The summed E-state index contributed by atoms with van der Waals surface area (Å²) in [5, 5.41) is 0.531. The van der Waals surface area contributed by atoms with E-state index in [1.807, 2.05) is 38.1 Å². The molecule has 0 aliphatic carbocycles. The Bertz CT molecular complexity index is 627. The minimum atomic E-state index is -0.287. The van der Waals surface area contributed by atoms with Crippen molar-refractivity contribution in [3.63, 3.8) is 0 Å². The molecule has 1 heterocycles. The third-order valence-electron chi connectivity index (χ3n) is 3.20. The molecule has 1 aromatic heterocycles. The summed E-state index contributed by atoms with van der Waals surface area (Å²) in [6.07, 6.45) is 0.829. The number of aromatic nitrogens is 2. The lowest BCUT2D eigenvalue weighted by Gasteiger charge is -2.12. The molecule has 0 spiro atoms. The van der Waals surface area contributed by atoms with Crippen LogP contribution in [0, 0.1) is 0 Å². The van der Waals surface area contributed by atoms with Crippen molar-refractivity contribution in [3.8, 4) is 0 Å². The van der Waals surface area contributed by atoms with Crippen molar-refractivity contribution < 1.29 is 14.3 Å². The Morgan fingerprint density at radius 1 is 1.36 bits per heavy atom. The molecule has 2 aromatic rings. The highest BCUT2D eigenvalue weighted by atomic mass is 32.2. The van der Waals surface area contributed by atoms with Crippen LogP contribution < -0.4 is 0 Å². The highest BCUT2D eigenvalue weighted by molar-refractivity contribution is 8.00. The quantitative estimate of drug-likeness (QED) is 0.552. The fourth-order valence-electron chi connectivity index (χ4n) is 2.07. The zero-order valence-electron chi connectivity index (χ0n) is 13.2. The molecule has 0 amide bonds. The molecule has 0 bridgehead atoms. The number of carbonyl (C=O) groups excluding carboxylic acids is 1. The Morgan fingerprint density at radius 3 is 2.86 bits per heavy atom. The number of rotatable bonds is 8. The standard InChI is InChI=1S/C16H22N2O3S/c1-4-10-21-15(19)12(2)22-16-17-13-7-5-6-8-14(13)18(16)9-11-20-3/h5-8,12H,4,9-11H2,1-3H3. The van der Waals surface area contributed by atoms with Gasteiger partial charge in [-0.2, -0.15) is 0 Å². The topological polar surface area (TPSA) is 53.3 Å². The normalized spacial score (nSPS) is 12.5. The van der Waals surface area contributed by atoms with Crippen molar-refractivity contribution in [2.75, 3.05) is 20.3 Å². The predicted molar refractivity (Wildman–Crippen MR) is 88.2 cm³/mol. The average Bonchev–Trinajstić information content (AvgIpc) is 2.87. The number of thioether (sulfide) groups is 1. The van der Waals surface area contributed by atoms with Gasteiger partial charge in [-0.15, -0.1) is 0 Å². The van der Waals surface area contributed by atoms with Crippen molar-refractivity contribution >= 4 is 28.8 Å². The highest BCUT2D eigenvalue weighted by Crippen LogP contribution is 2.27. The highest BCUT2D eigenvalue weighted by Gasteiger charge is 2.20. The van der Waals surface area contributed by atoms with E-state index in [0.717, 1.165) is 22.6 Å². The molecular formula is C16H22N2O3S. The second kappa shape index (κ2) is 8.19. The van der Waals surface area contributed by atoms with E-state index < -0.39 is 0 Å². The van der Waals surface area contributed by atoms with Gasteiger partial charge in [-0.25, -0.2) is 4.98 Å². The molecule has 2 rings (SSSR count). The van der Waals surface area contributed by atoms with Crippen LogP contribution in [0.25, 0.3) is 11.0 Å². The number of ether oxygens (including phenoxy) is 2. The first kappa shape index (κ1) is 16.8. The molecule has 1 atom stereocenters. The van der Waals surface area contributed by atoms with Gasteiger partial charge in [0.2, 0.25) is 0 Å². The van der Waals surface area contributed by atoms with Crippen molar-refractivity contribution in [1.29, 1.82) is 0 Å². The molecule has 1 aromatic carbocycles. The third-order valence-corrected chi connectivity index (χ3v) is 4.27. The molecule has 120 valence electrons. The zero-order chi connectivity index (χ0) is 15.9. The summed E-state index contributed by atoms with van der Waals surface area (Å²) in [6, 6.07) is 7.95. The van der Waals surface area contributed by atoms with E-state index in [1.54, 1.807) is 7.11 Å². The number of methoxy groups -OCH3 is 1. The summed E-state index contributed by atoms with van der Waals surface area (Å²) in [6.45, 7) is 5.60. The number of benzene rings is 1. The van der Waals surface area contributed by atoms with Crippen LogP contribution in [0.2, 0.25) is 0 Å². The van der Waals surface area contributed by atoms with Crippen LogP contribution in [0.15, 0.2) is 29.4 Å². The van der Waals surface area contributed by atoms with Gasteiger partial charge in [0.15, 0.2) is 5.16 Å². The Labute approximate surface area is 135 Å². The monoisotopic (exact) mass is 322 g/mol. The van der Waals surface area contributed by atoms with Crippen molar-refractivity contribution in [1.82, 2.24) is 9.55 Å². The van der Waals surface area contributed by atoms with Gasteiger partial charge in [0, 0.05) is 13.7 Å². The number of carbonyl (C=O) groups is 1. The van der Waals surface area contributed by atoms with Gasteiger partial charge >= 0.3 is 5.97 Å². The summed E-state index contributed by atoms with van der Waals surface area (Å²) in [5.41, 5.74) is 1.98. The maximum Gasteiger partial charge on any atom is 0.319 e. The number of esters is 1. The van der Waals surface area contributed by atoms with Crippen LogP contribution in [-0.2, 0) is 20.8 Å². The zero-order valence-corrected chi connectivity index (χ0v) is 14.1. The van der Waals surface area contributed by atoms with Crippen LogP contribution in [0.3, 0.4) is 0 Å². The molecular weight excluding hydrogens is 300 g/mol. The minimum Gasteiger partial charge on any atom is -0.465 e. The van der Waals surface area contributed by atoms with Gasteiger partial charge < -0.3 is 14.0 Å². The first-order valence-electron chi connectivity index (χ1n) is 7.44. The lowest BCUT2D eigenvalue weighted by Crippen LogP contribution is -2.18. The molecule has 0 saturated heterocycles. The summed E-state index contributed by atoms with van der Waals surface area (Å²) < 4.78 is 12.5. The summed E-state index contributed by atoms with van der Waals surface area (Å²) in [4.78, 5) is 16.6. The van der Waals surface area contributed by atoms with Crippen molar-refractivity contribution in [2.24, 2.45) is 0 Å². The smallest absolute Gasteiger partial charge is 0.319 e. The van der Waals surface area contributed by atoms with Crippen LogP contribution >= 0.6 is 11.8 Å². The molecule has 1 unspecified atom stereocenters. The van der Waals surface area contributed by atoms with Crippen molar-refractivity contribution in [3.05, 3.63) is 24.3 Å². The average molecular weight is 322 g/mol. The number of hydrogen-bond acceptors (Lipinski definition) is 5. The van der Waals surface area contributed by atoms with E-state index in [-0.39, 0.29) is 11.2 Å². The number of imidazole rings is 1. The van der Waals surface area contributed by atoms with E-state index in [0.29, 0.717) is 19.8 Å². The number of fused-ring (bicyclic) bond motifs is 1. The first-order valence-corrected chi connectivity index (χ1v) is 8.32. The predicted octanol–water partition coefficient (Wildman–Crippen LogP) is 3.12. The lowest BCUT2D eigenvalue weighted by atomic mass is 10.3. The second-order valence-corrected chi connectivity index (χ2v) is 6.26. The molecule has 6 heteroatoms. The molecule has 0 radical (unpaired) electrons. The van der Waals surface area contributed by atoms with E-state index in [1.165, 1.54) is 11.8 Å². The molecule has 22 heavy (non-hydrogen) atoms. The van der Waals surface area contributed by atoms with Crippen LogP contribution in [-0.4, -0.2) is 41.1 Å². The Hall–Kier alpha value is -1.53. The lowest BCUT2D eigenvalue weighted by molar-refractivity contribution is -0.142. The number of hydrogen-bond donors (Lipinski definition) is 0. The SMILES string of the molecule is CCCOC(=O)C(C)Sc1nc2ccccc2n1CCOC. The first-order chi connectivity index (χ1) is 10.7. The van der Waals surface area contributed by atoms with Gasteiger partial charge in [-0.1, -0.05) is 30.8 Å². The summed E-state index contributed by atoms with van der Waals surface area (Å²) in [5.74, 6) is -0.197. The fourth-order valence-corrected chi connectivity index (χ4v) is 3.02. The summed E-state index contributed by atoms with van der Waals surface area (Å²) in [7, 11) is 1.68. The third kappa shape index (κ3) is 4.01. The van der Waals surface area contributed by atoms with Gasteiger partial charge in [-0.3, -0.25) is 4.79 Å². The molecule has 0 N–H and O–H groups in total. The Morgan fingerprint density at radius 2 is 2.14 bits per heavy atom. The van der Waals surface area contributed by atoms with E-state index in [2.05, 4.69) is 9.55 Å². The molecule has 0 fully saturated rings. The number of nitrogens with zero attached hydrogens (tertiary/aromatic N) is 2. The Kier molecular flexibility index (Phi) is 6.27. The van der Waals surface area contributed by atoms with Gasteiger partial charge in [0.25, 0.3) is 0 Å². The molecule has 0 aliphatic rings. The second-order valence-electron chi connectivity index (χ2n) is 4.96. The van der Waals surface area contributed by atoms with Gasteiger partial charge in [-0.05, 0) is 25.5 Å². The fraction of sp³-hybridized carbons (Fsp3) is 0.500. The van der Waals surface area contributed by atoms with Gasteiger partial charge in [0.05, 0.1) is 24.2 Å². The molecule has 5 nitrogen and oxygen atoms in total.